The highest BCUT2D eigenvalue weighted by atomic mass is 28.4. The third-order valence-electron chi connectivity index (χ3n) is 2.14. The second-order valence-electron chi connectivity index (χ2n) is 4.57. The van der Waals surface area contributed by atoms with Gasteiger partial charge < -0.3 is 8.54 Å². The Kier molecular flexibility index (Phi) is 3.14. The summed E-state index contributed by atoms with van der Waals surface area (Å²) < 4.78 is 11.9. The largest absolute Gasteiger partial charge is 0.436 e. The number of hydrogen-bond donors (Lipinski definition) is 0. The van der Waals surface area contributed by atoms with E-state index in [9.17, 15) is 0 Å². The summed E-state index contributed by atoms with van der Waals surface area (Å²) in [6, 6.07) is 1.30. The molecule has 2 nitrogen and oxygen atoms in total. The van der Waals surface area contributed by atoms with Crippen LogP contribution in [-0.2, 0) is 8.54 Å². The lowest BCUT2D eigenvalue weighted by Crippen LogP contribution is -2.47. The summed E-state index contributed by atoms with van der Waals surface area (Å²) in [5.41, 5.74) is 0. The second-order valence-corrected chi connectivity index (χ2v) is 12.5. The van der Waals surface area contributed by atoms with E-state index in [4.69, 9.17) is 8.54 Å². The quantitative estimate of drug-likeness (QED) is 0.565. The van der Waals surface area contributed by atoms with Crippen LogP contribution in [0.5, 0.6) is 0 Å². The predicted octanol–water partition coefficient (Wildman–Crippen LogP) is 2.72. The first-order valence-electron chi connectivity index (χ1n) is 4.75. The van der Waals surface area contributed by atoms with Gasteiger partial charge in [-0.25, -0.2) is 0 Å². The normalized spacial score (nSPS) is 29.0. The molecule has 0 aromatic rings. The maximum absolute atomic E-state index is 6.12. The Balaban J connectivity index is 2.58. The van der Waals surface area contributed by atoms with Crippen LogP contribution >= 0.6 is 0 Å². The maximum Gasteiger partial charge on any atom is 0.321 e. The van der Waals surface area contributed by atoms with Gasteiger partial charge in [0, 0.05) is 6.61 Å². The Bertz CT molecular complexity index is 141. The first-order chi connectivity index (χ1) is 5.41. The average molecular weight is 204 g/mol. The molecule has 1 aliphatic heterocycles. The monoisotopic (exact) mass is 204 g/mol. The summed E-state index contributed by atoms with van der Waals surface area (Å²) in [6.07, 6.45) is 2.50. The minimum absolute atomic E-state index is 0.906. The van der Waals surface area contributed by atoms with Crippen molar-refractivity contribution < 1.29 is 8.54 Å². The first-order valence-corrected chi connectivity index (χ1v) is 10.7. The van der Waals surface area contributed by atoms with E-state index in [-0.39, 0.29) is 0 Å². The van der Waals surface area contributed by atoms with Gasteiger partial charge in [0.1, 0.15) is 0 Å². The standard InChI is InChI=1S/C8H20O2Si2/c1-11(2)8-6-5-7-9-12(3,4)10-11/h5-8H2,1-4H3. The second kappa shape index (κ2) is 3.61. The van der Waals surface area contributed by atoms with Crippen LogP contribution in [0.2, 0.25) is 32.2 Å². The van der Waals surface area contributed by atoms with Crippen LogP contribution in [0.3, 0.4) is 0 Å². The molecule has 1 rings (SSSR count). The summed E-state index contributed by atoms with van der Waals surface area (Å²) in [6.45, 7) is 9.83. The lowest BCUT2D eigenvalue weighted by Gasteiger charge is -2.35. The average Bonchev–Trinajstić information content (AvgIpc) is 1.80. The Labute approximate surface area is 77.6 Å². The van der Waals surface area contributed by atoms with Crippen molar-refractivity contribution in [2.45, 2.75) is 45.1 Å². The van der Waals surface area contributed by atoms with Crippen LogP contribution in [0, 0.1) is 0 Å². The zero-order valence-electron chi connectivity index (χ0n) is 8.64. The van der Waals surface area contributed by atoms with E-state index in [1.807, 2.05) is 0 Å². The Morgan fingerprint density at radius 1 is 1.00 bits per heavy atom. The summed E-state index contributed by atoms with van der Waals surface area (Å²) in [7, 11) is -3.12. The van der Waals surface area contributed by atoms with Crippen molar-refractivity contribution in [3.8, 4) is 0 Å². The van der Waals surface area contributed by atoms with Crippen molar-refractivity contribution in [1.29, 1.82) is 0 Å². The van der Waals surface area contributed by atoms with Crippen LogP contribution in [-0.4, -0.2) is 23.5 Å². The zero-order valence-corrected chi connectivity index (χ0v) is 10.6. The predicted molar refractivity (Wildman–Crippen MR) is 56.0 cm³/mol. The third-order valence-corrected chi connectivity index (χ3v) is 8.78. The Morgan fingerprint density at radius 3 is 2.33 bits per heavy atom. The molecule has 0 atom stereocenters. The van der Waals surface area contributed by atoms with Gasteiger partial charge in [-0.15, -0.1) is 0 Å². The molecule has 0 radical (unpaired) electrons. The van der Waals surface area contributed by atoms with Gasteiger partial charge in [-0.1, -0.05) is 6.42 Å². The fourth-order valence-corrected chi connectivity index (χ4v) is 9.42. The van der Waals surface area contributed by atoms with Crippen LogP contribution in [0.4, 0.5) is 0 Å². The molecule has 0 unspecified atom stereocenters. The highest BCUT2D eigenvalue weighted by Gasteiger charge is 2.35. The van der Waals surface area contributed by atoms with E-state index < -0.39 is 16.9 Å². The van der Waals surface area contributed by atoms with E-state index in [0.29, 0.717) is 0 Å². The molecule has 1 fully saturated rings. The lowest BCUT2D eigenvalue weighted by atomic mass is 10.4. The summed E-state index contributed by atoms with van der Waals surface area (Å²) in [5, 5.41) is 0. The lowest BCUT2D eigenvalue weighted by molar-refractivity contribution is 0.231. The SMILES string of the molecule is C[Si]1(C)CCCCO[Si](C)(C)O1. The van der Waals surface area contributed by atoms with Crippen molar-refractivity contribution in [2.24, 2.45) is 0 Å². The molecule has 0 spiro atoms. The molecule has 0 aromatic heterocycles. The van der Waals surface area contributed by atoms with Gasteiger partial charge >= 0.3 is 8.56 Å². The van der Waals surface area contributed by atoms with E-state index in [2.05, 4.69) is 26.2 Å². The third kappa shape index (κ3) is 3.39. The molecule has 0 aliphatic carbocycles. The molecule has 0 aromatic carbocycles. The number of hydrogen-bond acceptors (Lipinski definition) is 2. The van der Waals surface area contributed by atoms with Crippen LogP contribution < -0.4 is 0 Å². The van der Waals surface area contributed by atoms with E-state index in [1.54, 1.807) is 0 Å². The Hall–Kier alpha value is 0.354. The van der Waals surface area contributed by atoms with Crippen LogP contribution in [0.1, 0.15) is 12.8 Å². The molecular formula is C8H20O2Si2. The van der Waals surface area contributed by atoms with Gasteiger partial charge in [0.05, 0.1) is 0 Å². The van der Waals surface area contributed by atoms with Gasteiger partial charge in [0.2, 0.25) is 0 Å². The van der Waals surface area contributed by atoms with E-state index in [1.165, 1.54) is 18.9 Å². The molecule has 0 N–H and O–H groups in total. The van der Waals surface area contributed by atoms with Crippen LogP contribution in [0.15, 0.2) is 0 Å². The van der Waals surface area contributed by atoms with Crippen molar-refractivity contribution >= 4 is 16.9 Å². The van der Waals surface area contributed by atoms with Gasteiger partial charge in [-0.3, -0.25) is 0 Å². The van der Waals surface area contributed by atoms with Gasteiger partial charge in [-0.2, -0.15) is 0 Å². The fourth-order valence-electron chi connectivity index (χ4n) is 1.72. The topological polar surface area (TPSA) is 18.5 Å². The van der Waals surface area contributed by atoms with E-state index in [0.717, 1.165) is 6.61 Å². The van der Waals surface area contributed by atoms with Crippen molar-refractivity contribution in [3.63, 3.8) is 0 Å². The molecule has 0 bridgehead atoms. The maximum atomic E-state index is 6.12. The molecule has 4 heteroatoms. The van der Waals surface area contributed by atoms with Crippen LogP contribution in [0.25, 0.3) is 0 Å². The number of rotatable bonds is 0. The summed E-state index contributed by atoms with van der Waals surface area (Å²) in [5.74, 6) is 0. The summed E-state index contributed by atoms with van der Waals surface area (Å²) in [4.78, 5) is 0. The molecule has 0 amide bonds. The molecule has 12 heavy (non-hydrogen) atoms. The summed E-state index contributed by atoms with van der Waals surface area (Å²) >= 11 is 0. The molecular weight excluding hydrogens is 184 g/mol. The van der Waals surface area contributed by atoms with Crippen molar-refractivity contribution in [2.75, 3.05) is 6.61 Å². The highest BCUT2D eigenvalue weighted by molar-refractivity contribution is 6.82. The van der Waals surface area contributed by atoms with Gasteiger partial charge in [-0.05, 0) is 38.7 Å². The Morgan fingerprint density at radius 2 is 1.67 bits per heavy atom. The van der Waals surface area contributed by atoms with E-state index >= 15 is 0 Å². The van der Waals surface area contributed by atoms with Gasteiger partial charge in [0.25, 0.3) is 0 Å². The smallest absolute Gasteiger partial charge is 0.321 e. The molecule has 1 saturated heterocycles. The molecule has 72 valence electrons. The van der Waals surface area contributed by atoms with Crippen molar-refractivity contribution in [3.05, 3.63) is 0 Å². The van der Waals surface area contributed by atoms with Gasteiger partial charge in [0.15, 0.2) is 8.32 Å². The van der Waals surface area contributed by atoms with Crippen molar-refractivity contribution in [1.82, 2.24) is 0 Å². The molecule has 1 aliphatic rings. The highest BCUT2D eigenvalue weighted by Crippen LogP contribution is 2.24. The minimum Gasteiger partial charge on any atom is -0.436 e. The zero-order chi connectivity index (χ0) is 9.24. The minimum atomic E-state index is -1.75. The first kappa shape index (κ1) is 10.4. The fraction of sp³-hybridized carbons (Fsp3) is 1.00. The molecule has 1 heterocycles. The molecule has 0 saturated carbocycles.